The zero-order valence-corrected chi connectivity index (χ0v) is 11.6. The van der Waals surface area contributed by atoms with E-state index in [0.717, 1.165) is 31.3 Å². The van der Waals surface area contributed by atoms with Crippen molar-refractivity contribution in [3.05, 3.63) is 18.2 Å². The zero-order chi connectivity index (χ0) is 13.0. The van der Waals surface area contributed by atoms with Gasteiger partial charge in [0.15, 0.2) is 0 Å². The largest absolute Gasteiger partial charge is 0.478 e. The summed E-state index contributed by atoms with van der Waals surface area (Å²) in [6, 6.07) is 5.99. The molecule has 0 bridgehead atoms. The first-order valence-electron chi connectivity index (χ1n) is 6.66. The second-order valence-corrected chi connectivity index (χ2v) is 5.28. The number of hydrogen-bond donors (Lipinski definition) is 1. The second kappa shape index (κ2) is 5.57. The summed E-state index contributed by atoms with van der Waals surface area (Å²) >= 11 is 0. The molecule has 1 aliphatic rings. The van der Waals surface area contributed by atoms with E-state index in [9.17, 15) is 0 Å². The molecule has 1 aromatic heterocycles. The standard InChI is InChI=1S/C14H23N3O/c1-4-18-13-7-5-6-12(16-13)17-9-8-14(2,11-17)10-15-3/h5-7,15H,4,8-11H2,1-3H3. The highest BCUT2D eigenvalue weighted by Gasteiger charge is 2.33. The van der Waals surface area contributed by atoms with Gasteiger partial charge in [-0.25, -0.2) is 0 Å². The van der Waals surface area contributed by atoms with Crippen molar-refractivity contribution >= 4 is 5.82 Å². The fourth-order valence-corrected chi connectivity index (χ4v) is 2.60. The molecular weight excluding hydrogens is 226 g/mol. The van der Waals surface area contributed by atoms with Crippen molar-refractivity contribution in [1.29, 1.82) is 0 Å². The molecule has 2 rings (SSSR count). The molecule has 0 aromatic carbocycles. The molecule has 1 fully saturated rings. The predicted octanol–water partition coefficient (Wildman–Crippen LogP) is 1.92. The van der Waals surface area contributed by atoms with Crippen LogP contribution in [-0.2, 0) is 0 Å². The first kappa shape index (κ1) is 13.1. The minimum absolute atomic E-state index is 0.345. The van der Waals surface area contributed by atoms with Crippen molar-refractivity contribution in [3.63, 3.8) is 0 Å². The maximum atomic E-state index is 5.46. The highest BCUT2D eigenvalue weighted by molar-refractivity contribution is 5.42. The lowest BCUT2D eigenvalue weighted by Gasteiger charge is -2.24. The lowest BCUT2D eigenvalue weighted by Crippen LogP contribution is -2.33. The first-order chi connectivity index (χ1) is 8.67. The summed E-state index contributed by atoms with van der Waals surface area (Å²) in [6.45, 7) is 8.14. The summed E-state index contributed by atoms with van der Waals surface area (Å²) in [5.74, 6) is 1.75. The number of hydrogen-bond acceptors (Lipinski definition) is 4. The molecule has 0 saturated carbocycles. The Morgan fingerprint density at radius 2 is 2.33 bits per heavy atom. The van der Waals surface area contributed by atoms with Crippen LogP contribution in [0.5, 0.6) is 5.88 Å². The van der Waals surface area contributed by atoms with Crippen LogP contribution in [0.15, 0.2) is 18.2 Å². The number of aromatic nitrogens is 1. The van der Waals surface area contributed by atoms with Gasteiger partial charge in [0, 0.05) is 25.7 Å². The van der Waals surface area contributed by atoms with E-state index < -0.39 is 0 Å². The number of nitrogens with zero attached hydrogens (tertiary/aromatic N) is 2. The van der Waals surface area contributed by atoms with Crippen LogP contribution < -0.4 is 15.0 Å². The van der Waals surface area contributed by atoms with E-state index in [1.807, 2.05) is 26.1 Å². The Bertz CT molecular complexity index is 396. The van der Waals surface area contributed by atoms with Crippen molar-refractivity contribution < 1.29 is 4.74 Å². The van der Waals surface area contributed by atoms with E-state index >= 15 is 0 Å². The Hall–Kier alpha value is -1.29. The lowest BCUT2D eigenvalue weighted by molar-refractivity contribution is 0.326. The molecule has 1 unspecified atom stereocenters. The molecule has 100 valence electrons. The summed E-state index contributed by atoms with van der Waals surface area (Å²) in [7, 11) is 2.02. The molecule has 0 spiro atoms. The normalized spacial score (nSPS) is 23.4. The average molecular weight is 249 g/mol. The zero-order valence-electron chi connectivity index (χ0n) is 11.6. The first-order valence-corrected chi connectivity index (χ1v) is 6.66. The van der Waals surface area contributed by atoms with E-state index in [0.29, 0.717) is 12.0 Å². The average Bonchev–Trinajstić information content (AvgIpc) is 2.73. The summed E-state index contributed by atoms with van der Waals surface area (Å²) in [6.07, 6.45) is 1.20. The minimum atomic E-state index is 0.345. The summed E-state index contributed by atoms with van der Waals surface area (Å²) in [5, 5.41) is 3.28. The molecule has 1 saturated heterocycles. The quantitative estimate of drug-likeness (QED) is 0.865. The highest BCUT2D eigenvalue weighted by Crippen LogP contribution is 2.32. The molecule has 18 heavy (non-hydrogen) atoms. The van der Waals surface area contributed by atoms with E-state index in [4.69, 9.17) is 4.74 Å². The Morgan fingerprint density at radius 1 is 1.50 bits per heavy atom. The van der Waals surface area contributed by atoms with E-state index in [-0.39, 0.29) is 0 Å². The Balaban J connectivity index is 2.06. The molecule has 1 N–H and O–H groups in total. The number of nitrogens with one attached hydrogen (secondary N) is 1. The number of rotatable bonds is 5. The number of pyridine rings is 1. The molecular formula is C14H23N3O. The molecule has 2 heterocycles. The van der Waals surface area contributed by atoms with Gasteiger partial charge < -0.3 is 15.0 Å². The van der Waals surface area contributed by atoms with Crippen molar-refractivity contribution in [2.75, 3.05) is 38.2 Å². The summed E-state index contributed by atoms with van der Waals surface area (Å²) < 4.78 is 5.46. The monoisotopic (exact) mass is 249 g/mol. The summed E-state index contributed by atoms with van der Waals surface area (Å²) in [5.41, 5.74) is 0.345. The van der Waals surface area contributed by atoms with E-state index in [1.54, 1.807) is 0 Å². The maximum absolute atomic E-state index is 5.46. The molecule has 1 atom stereocenters. The molecule has 1 aliphatic heterocycles. The molecule has 1 aromatic rings. The minimum Gasteiger partial charge on any atom is -0.478 e. The van der Waals surface area contributed by atoms with Crippen LogP contribution in [0.1, 0.15) is 20.3 Å². The van der Waals surface area contributed by atoms with Gasteiger partial charge in [-0.2, -0.15) is 4.98 Å². The Kier molecular flexibility index (Phi) is 4.07. The van der Waals surface area contributed by atoms with Crippen molar-refractivity contribution in [2.24, 2.45) is 5.41 Å². The third kappa shape index (κ3) is 2.93. The van der Waals surface area contributed by atoms with Crippen LogP contribution in [0.2, 0.25) is 0 Å². The third-order valence-corrected chi connectivity index (χ3v) is 3.49. The van der Waals surface area contributed by atoms with Gasteiger partial charge in [0.1, 0.15) is 5.82 Å². The van der Waals surface area contributed by atoms with Crippen molar-refractivity contribution in [1.82, 2.24) is 10.3 Å². The van der Waals surface area contributed by atoms with Crippen LogP contribution >= 0.6 is 0 Å². The fraction of sp³-hybridized carbons (Fsp3) is 0.643. The van der Waals surface area contributed by atoms with Crippen LogP contribution in [0.25, 0.3) is 0 Å². The Morgan fingerprint density at radius 3 is 3.06 bits per heavy atom. The van der Waals surface area contributed by atoms with Gasteiger partial charge in [0.2, 0.25) is 5.88 Å². The van der Waals surface area contributed by atoms with E-state index in [1.165, 1.54) is 6.42 Å². The summed E-state index contributed by atoms with van der Waals surface area (Å²) in [4.78, 5) is 6.90. The number of anilines is 1. The van der Waals surface area contributed by atoms with Crippen LogP contribution in [-0.4, -0.2) is 38.3 Å². The van der Waals surface area contributed by atoms with Crippen LogP contribution in [0.3, 0.4) is 0 Å². The predicted molar refractivity (Wildman–Crippen MR) is 74.3 cm³/mol. The highest BCUT2D eigenvalue weighted by atomic mass is 16.5. The fourth-order valence-electron chi connectivity index (χ4n) is 2.60. The van der Waals surface area contributed by atoms with E-state index in [2.05, 4.69) is 28.2 Å². The van der Waals surface area contributed by atoms with Crippen molar-refractivity contribution in [3.8, 4) is 5.88 Å². The smallest absolute Gasteiger partial charge is 0.215 e. The van der Waals surface area contributed by atoms with Gasteiger partial charge in [0.05, 0.1) is 6.61 Å². The van der Waals surface area contributed by atoms with Crippen molar-refractivity contribution in [2.45, 2.75) is 20.3 Å². The van der Waals surface area contributed by atoms with Gasteiger partial charge in [-0.1, -0.05) is 13.0 Å². The van der Waals surface area contributed by atoms with Gasteiger partial charge in [-0.05, 0) is 31.9 Å². The van der Waals surface area contributed by atoms with Gasteiger partial charge >= 0.3 is 0 Å². The van der Waals surface area contributed by atoms with Crippen LogP contribution in [0.4, 0.5) is 5.82 Å². The topological polar surface area (TPSA) is 37.4 Å². The van der Waals surface area contributed by atoms with Gasteiger partial charge in [-0.15, -0.1) is 0 Å². The van der Waals surface area contributed by atoms with Gasteiger partial charge in [0.25, 0.3) is 0 Å². The van der Waals surface area contributed by atoms with Crippen LogP contribution in [0, 0.1) is 5.41 Å². The molecule has 4 nitrogen and oxygen atoms in total. The Labute approximate surface area is 109 Å². The van der Waals surface area contributed by atoms with Gasteiger partial charge in [-0.3, -0.25) is 0 Å². The lowest BCUT2D eigenvalue weighted by atomic mass is 9.90. The molecule has 0 aliphatic carbocycles. The third-order valence-electron chi connectivity index (χ3n) is 3.49. The SMILES string of the molecule is CCOc1cccc(N2CCC(C)(CNC)C2)n1. The maximum Gasteiger partial charge on any atom is 0.215 e. The molecule has 4 heteroatoms. The number of ether oxygens (including phenoxy) is 1. The second-order valence-electron chi connectivity index (χ2n) is 5.28. The molecule has 0 amide bonds. The molecule has 0 radical (unpaired) electrons.